The molecule has 0 aliphatic carbocycles. The number of fused-ring (bicyclic) bond motifs is 1. The fourth-order valence-electron chi connectivity index (χ4n) is 4.14. The lowest BCUT2D eigenvalue weighted by Crippen LogP contribution is -2.46. The van der Waals surface area contributed by atoms with E-state index in [0.717, 1.165) is 42.1 Å². The van der Waals surface area contributed by atoms with Gasteiger partial charge in [-0.3, -0.25) is 14.9 Å². The average molecular weight is 405 g/mol. The summed E-state index contributed by atoms with van der Waals surface area (Å²) in [5.41, 5.74) is 2.69. The van der Waals surface area contributed by atoms with E-state index in [1.165, 1.54) is 6.33 Å². The summed E-state index contributed by atoms with van der Waals surface area (Å²) in [6.45, 7) is 1.46. The van der Waals surface area contributed by atoms with Gasteiger partial charge in [0.05, 0.1) is 23.9 Å². The number of hydrogen-bond acceptors (Lipinski definition) is 6. The molecule has 0 saturated carbocycles. The van der Waals surface area contributed by atoms with Gasteiger partial charge in [0, 0.05) is 32.6 Å². The van der Waals surface area contributed by atoms with Crippen LogP contribution in [0.4, 0.5) is 5.82 Å². The highest BCUT2D eigenvalue weighted by Crippen LogP contribution is 2.31. The molecule has 1 amide bonds. The zero-order valence-corrected chi connectivity index (χ0v) is 16.7. The molecule has 1 N–H and O–H groups in total. The number of nitrogens with one attached hydrogen (secondary N) is 1. The topological polar surface area (TPSA) is 101 Å². The van der Waals surface area contributed by atoms with Gasteiger partial charge in [-0.05, 0) is 43.0 Å². The first-order chi connectivity index (χ1) is 14.7. The Morgan fingerprint density at radius 3 is 2.97 bits per heavy atom. The molecule has 154 valence electrons. The van der Waals surface area contributed by atoms with E-state index in [2.05, 4.69) is 25.2 Å². The number of methoxy groups -OCH3 is 1. The minimum atomic E-state index is -0.226. The smallest absolute Gasteiger partial charge is 0.231 e. The quantitative estimate of drug-likeness (QED) is 0.717. The molecule has 5 heterocycles. The SMILES string of the molecule is CO[C@H]1CCCN(C(=O)C2C=Nc3c(ccn3-c3ccc(-c4ncn[nH]4)nc3)C2)C1. The van der Waals surface area contributed by atoms with Crippen molar-refractivity contribution in [1.29, 1.82) is 0 Å². The molecule has 5 rings (SSSR count). The number of ether oxygens (including phenoxy) is 1. The molecule has 30 heavy (non-hydrogen) atoms. The van der Waals surface area contributed by atoms with Crippen LogP contribution < -0.4 is 0 Å². The molecule has 0 radical (unpaired) electrons. The van der Waals surface area contributed by atoms with Crippen LogP contribution >= 0.6 is 0 Å². The largest absolute Gasteiger partial charge is 0.380 e. The van der Waals surface area contributed by atoms with Crippen molar-refractivity contribution in [2.45, 2.75) is 25.4 Å². The van der Waals surface area contributed by atoms with Gasteiger partial charge in [0.2, 0.25) is 5.91 Å². The van der Waals surface area contributed by atoms with Crippen LogP contribution in [0.2, 0.25) is 0 Å². The summed E-state index contributed by atoms with van der Waals surface area (Å²) in [6.07, 6.45) is 9.77. The molecule has 9 nitrogen and oxygen atoms in total. The lowest BCUT2D eigenvalue weighted by atomic mass is 9.96. The number of piperidine rings is 1. The number of carbonyl (C=O) groups is 1. The summed E-state index contributed by atoms with van der Waals surface area (Å²) in [5, 5.41) is 6.66. The van der Waals surface area contributed by atoms with E-state index >= 15 is 0 Å². The lowest BCUT2D eigenvalue weighted by Gasteiger charge is -2.34. The van der Waals surface area contributed by atoms with Gasteiger partial charge in [0.1, 0.15) is 17.8 Å². The van der Waals surface area contributed by atoms with Crippen LogP contribution in [0.1, 0.15) is 18.4 Å². The monoisotopic (exact) mass is 405 g/mol. The number of carbonyl (C=O) groups excluding carboxylic acids is 1. The zero-order chi connectivity index (χ0) is 20.5. The van der Waals surface area contributed by atoms with Crippen molar-refractivity contribution in [3.05, 3.63) is 42.5 Å². The van der Waals surface area contributed by atoms with Crippen molar-refractivity contribution in [1.82, 2.24) is 29.6 Å². The fourth-order valence-corrected chi connectivity index (χ4v) is 4.14. The van der Waals surface area contributed by atoms with Crippen molar-refractivity contribution in [2.24, 2.45) is 10.9 Å². The second kappa shape index (κ2) is 7.83. The van der Waals surface area contributed by atoms with Crippen LogP contribution in [0.3, 0.4) is 0 Å². The predicted molar refractivity (Wildman–Crippen MR) is 111 cm³/mol. The van der Waals surface area contributed by atoms with Gasteiger partial charge in [-0.15, -0.1) is 0 Å². The molecule has 1 unspecified atom stereocenters. The number of aromatic nitrogens is 5. The minimum absolute atomic E-state index is 0.132. The Labute approximate surface area is 173 Å². The molecule has 1 fully saturated rings. The number of aliphatic imine (C=N–C) groups is 1. The second-order valence-electron chi connectivity index (χ2n) is 7.64. The number of pyridine rings is 1. The van der Waals surface area contributed by atoms with Crippen LogP contribution in [-0.4, -0.2) is 68.1 Å². The number of H-pyrrole nitrogens is 1. The number of nitrogens with zero attached hydrogens (tertiary/aromatic N) is 6. The average Bonchev–Trinajstić information content (AvgIpc) is 3.48. The lowest BCUT2D eigenvalue weighted by molar-refractivity contribution is -0.136. The maximum atomic E-state index is 13.0. The highest BCUT2D eigenvalue weighted by molar-refractivity contribution is 5.95. The summed E-state index contributed by atoms with van der Waals surface area (Å²) in [5.74, 6) is 1.39. The number of amides is 1. The van der Waals surface area contributed by atoms with E-state index in [9.17, 15) is 4.79 Å². The molecule has 2 aliphatic rings. The third-order valence-corrected chi connectivity index (χ3v) is 5.78. The summed E-state index contributed by atoms with van der Waals surface area (Å²) in [6, 6.07) is 5.89. The summed E-state index contributed by atoms with van der Waals surface area (Å²) in [7, 11) is 1.71. The maximum Gasteiger partial charge on any atom is 0.231 e. The van der Waals surface area contributed by atoms with Crippen molar-refractivity contribution in [3.63, 3.8) is 0 Å². The molecule has 0 bridgehead atoms. The highest BCUT2D eigenvalue weighted by atomic mass is 16.5. The van der Waals surface area contributed by atoms with Crippen LogP contribution in [0.25, 0.3) is 17.2 Å². The molecular weight excluding hydrogens is 382 g/mol. The van der Waals surface area contributed by atoms with E-state index in [-0.39, 0.29) is 17.9 Å². The first-order valence-electron chi connectivity index (χ1n) is 10.1. The van der Waals surface area contributed by atoms with E-state index in [4.69, 9.17) is 4.74 Å². The molecule has 0 aromatic carbocycles. The third kappa shape index (κ3) is 3.41. The van der Waals surface area contributed by atoms with Crippen LogP contribution in [0.15, 0.2) is 41.9 Å². The van der Waals surface area contributed by atoms with Crippen LogP contribution in [-0.2, 0) is 16.0 Å². The van der Waals surface area contributed by atoms with Gasteiger partial charge in [-0.1, -0.05) is 0 Å². The van der Waals surface area contributed by atoms with Gasteiger partial charge < -0.3 is 14.2 Å². The molecule has 2 atom stereocenters. The molecule has 3 aromatic rings. The first kappa shape index (κ1) is 18.7. The second-order valence-corrected chi connectivity index (χ2v) is 7.64. The molecule has 9 heteroatoms. The van der Waals surface area contributed by atoms with Gasteiger partial charge in [0.25, 0.3) is 0 Å². The van der Waals surface area contributed by atoms with Crippen LogP contribution in [0, 0.1) is 5.92 Å². The normalized spacial score (nSPS) is 20.9. The Hall–Kier alpha value is -3.33. The molecule has 3 aromatic heterocycles. The first-order valence-corrected chi connectivity index (χ1v) is 10.1. The summed E-state index contributed by atoms with van der Waals surface area (Å²) in [4.78, 5) is 28.1. The van der Waals surface area contributed by atoms with Crippen molar-refractivity contribution < 1.29 is 9.53 Å². The standard InChI is InChI=1S/C21H23N7O2/c1-30-17-3-2-7-27(12-17)21(29)15-9-14-6-8-28(20(14)23-10-15)16-4-5-18(22-11-16)19-24-13-25-26-19/h4-6,8,10-11,13,15,17H,2-3,7,9,12H2,1H3,(H,24,25,26)/t15?,17-/m0/s1. The number of aromatic amines is 1. The Bertz CT molecular complexity index is 1060. The van der Waals surface area contributed by atoms with Crippen molar-refractivity contribution >= 4 is 17.9 Å². The number of rotatable bonds is 4. The Kier molecular flexibility index (Phi) is 4.88. The summed E-state index contributed by atoms with van der Waals surface area (Å²) < 4.78 is 7.44. The Morgan fingerprint density at radius 1 is 1.27 bits per heavy atom. The van der Waals surface area contributed by atoms with Crippen molar-refractivity contribution in [3.8, 4) is 17.2 Å². The molecular formula is C21H23N7O2. The van der Waals surface area contributed by atoms with Crippen LogP contribution in [0.5, 0.6) is 0 Å². The van der Waals surface area contributed by atoms with Crippen molar-refractivity contribution in [2.75, 3.05) is 20.2 Å². The fraction of sp³-hybridized carbons (Fsp3) is 0.381. The maximum absolute atomic E-state index is 13.0. The van der Waals surface area contributed by atoms with Gasteiger partial charge >= 0.3 is 0 Å². The third-order valence-electron chi connectivity index (χ3n) is 5.78. The number of likely N-dealkylation sites (tertiary alicyclic amines) is 1. The van der Waals surface area contributed by atoms with E-state index in [1.54, 1.807) is 19.5 Å². The Balaban J connectivity index is 1.33. The highest BCUT2D eigenvalue weighted by Gasteiger charge is 2.31. The number of hydrogen-bond donors (Lipinski definition) is 1. The molecule has 1 saturated heterocycles. The molecule has 0 spiro atoms. The minimum Gasteiger partial charge on any atom is -0.380 e. The van der Waals surface area contributed by atoms with E-state index < -0.39 is 0 Å². The zero-order valence-electron chi connectivity index (χ0n) is 16.7. The van der Waals surface area contributed by atoms with E-state index in [0.29, 0.717) is 18.8 Å². The summed E-state index contributed by atoms with van der Waals surface area (Å²) >= 11 is 0. The Morgan fingerprint density at radius 2 is 2.20 bits per heavy atom. The predicted octanol–water partition coefficient (Wildman–Crippen LogP) is 2.17. The van der Waals surface area contributed by atoms with Gasteiger partial charge in [-0.2, -0.15) is 5.10 Å². The van der Waals surface area contributed by atoms with E-state index in [1.807, 2.05) is 33.9 Å². The van der Waals surface area contributed by atoms with Gasteiger partial charge in [-0.25, -0.2) is 9.98 Å². The van der Waals surface area contributed by atoms with Gasteiger partial charge in [0.15, 0.2) is 5.82 Å². The molecule has 2 aliphatic heterocycles.